The monoisotopic (exact) mass is 256 g/mol. The summed E-state index contributed by atoms with van der Waals surface area (Å²) in [6.45, 7) is 0. The van der Waals surface area contributed by atoms with Crippen LogP contribution in [0.5, 0.6) is 5.75 Å². The summed E-state index contributed by atoms with van der Waals surface area (Å²) in [7, 11) is 1.00. The highest BCUT2D eigenvalue weighted by molar-refractivity contribution is 5.36. The average molecular weight is 256 g/mol. The largest absolute Gasteiger partial charge is 0.493 e. The Morgan fingerprint density at radius 3 is 2.35 bits per heavy atom. The van der Waals surface area contributed by atoms with Crippen LogP contribution in [0.25, 0.3) is 0 Å². The first kappa shape index (κ1) is 13.7. The maximum atomic E-state index is 13.1. The molecule has 2 nitrogen and oxygen atoms in total. The second kappa shape index (κ2) is 4.87. The molecule has 0 aliphatic heterocycles. The van der Waals surface area contributed by atoms with Gasteiger partial charge in [-0.25, -0.2) is 4.39 Å². The topological polar surface area (TPSA) is 29.5 Å². The van der Waals surface area contributed by atoms with Crippen molar-refractivity contribution < 1.29 is 31.8 Å². The minimum atomic E-state index is -4.82. The molecule has 0 aliphatic carbocycles. The number of benzene rings is 1. The summed E-state index contributed by atoms with van der Waals surface area (Å²) in [5, 5.41) is 8.82. The van der Waals surface area contributed by atoms with E-state index in [9.17, 15) is 22.0 Å². The summed E-state index contributed by atoms with van der Waals surface area (Å²) in [4.78, 5) is 0. The van der Waals surface area contributed by atoms with E-state index in [-0.39, 0.29) is 5.56 Å². The lowest BCUT2D eigenvalue weighted by Crippen LogP contribution is -2.30. The van der Waals surface area contributed by atoms with Gasteiger partial charge in [-0.15, -0.1) is 0 Å². The predicted molar refractivity (Wildman–Crippen MR) is 48.7 cm³/mol. The average Bonchev–Trinajstić information content (AvgIpc) is 2.22. The summed E-state index contributed by atoms with van der Waals surface area (Å²) in [6.07, 6.45) is -8.37. The Morgan fingerprint density at radius 2 is 1.88 bits per heavy atom. The molecular formula is C10H9F5O2. The lowest BCUT2D eigenvalue weighted by atomic mass is 10.1. The first-order valence-electron chi connectivity index (χ1n) is 4.53. The van der Waals surface area contributed by atoms with Gasteiger partial charge in [-0.3, -0.25) is 0 Å². The summed E-state index contributed by atoms with van der Waals surface area (Å²) >= 11 is 0. The fourth-order valence-electron chi connectivity index (χ4n) is 1.28. The van der Waals surface area contributed by atoms with Crippen LogP contribution in [-0.2, 0) is 6.42 Å². The van der Waals surface area contributed by atoms with Crippen LogP contribution in [0.3, 0.4) is 0 Å². The fraction of sp³-hybridized carbons (Fsp3) is 0.400. The third-order valence-electron chi connectivity index (χ3n) is 2.13. The number of methoxy groups -OCH3 is 1. The van der Waals surface area contributed by atoms with E-state index in [0.29, 0.717) is 6.07 Å². The normalized spacial score (nSPS) is 13.6. The van der Waals surface area contributed by atoms with E-state index in [1.807, 2.05) is 0 Å². The highest BCUT2D eigenvalue weighted by atomic mass is 19.4. The third-order valence-corrected chi connectivity index (χ3v) is 2.13. The lowest BCUT2D eigenvalue weighted by Gasteiger charge is -2.16. The molecule has 0 spiro atoms. The van der Waals surface area contributed by atoms with Crippen LogP contribution in [0, 0.1) is 11.6 Å². The molecule has 1 atom stereocenters. The second-order valence-electron chi connectivity index (χ2n) is 3.32. The van der Waals surface area contributed by atoms with Gasteiger partial charge >= 0.3 is 6.18 Å². The Balaban J connectivity index is 3.04. The molecule has 0 aliphatic rings. The third kappa shape index (κ3) is 3.06. The number of hydrogen-bond acceptors (Lipinski definition) is 2. The van der Waals surface area contributed by atoms with Gasteiger partial charge in [0, 0.05) is 12.0 Å². The summed E-state index contributed by atoms with van der Waals surface area (Å²) in [6, 6.07) is 1.61. The standard InChI is InChI=1S/C10H9F5O2/c1-17-9-5(2-3-6(11)8(9)12)4-7(16)10(13,14)15/h2-3,7,16H,4H2,1H3. The molecular weight excluding hydrogens is 247 g/mol. The molecule has 0 fully saturated rings. The Kier molecular flexibility index (Phi) is 3.92. The van der Waals surface area contributed by atoms with E-state index in [0.717, 1.165) is 13.2 Å². The van der Waals surface area contributed by atoms with E-state index >= 15 is 0 Å². The molecule has 0 heterocycles. The molecule has 0 amide bonds. The van der Waals surface area contributed by atoms with Crippen LogP contribution >= 0.6 is 0 Å². The molecule has 0 bridgehead atoms. The van der Waals surface area contributed by atoms with Gasteiger partial charge in [0.2, 0.25) is 5.82 Å². The molecule has 1 aromatic rings. The van der Waals surface area contributed by atoms with Crippen LogP contribution < -0.4 is 4.74 Å². The van der Waals surface area contributed by atoms with Crippen molar-refractivity contribution in [3.8, 4) is 5.75 Å². The molecule has 0 aromatic heterocycles. The van der Waals surface area contributed by atoms with Gasteiger partial charge < -0.3 is 9.84 Å². The Hall–Kier alpha value is -1.37. The Bertz CT molecular complexity index is 402. The van der Waals surface area contributed by atoms with Gasteiger partial charge in [-0.05, 0) is 6.07 Å². The number of aliphatic hydroxyl groups is 1. The van der Waals surface area contributed by atoms with E-state index < -0.39 is 36.1 Å². The van der Waals surface area contributed by atoms with Gasteiger partial charge in [0.05, 0.1) is 7.11 Å². The first-order valence-corrected chi connectivity index (χ1v) is 4.53. The zero-order valence-corrected chi connectivity index (χ0v) is 8.68. The predicted octanol–water partition coefficient (Wildman–Crippen LogP) is 2.44. The number of halogens is 5. The van der Waals surface area contributed by atoms with Crippen LogP contribution in [-0.4, -0.2) is 24.5 Å². The second-order valence-corrected chi connectivity index (χ2v) is 3.32. The van der Waals surface area contributed by atoms with E-state index in [1.54, 1.807) is 0 Å². The van der Waals surface area contributed by atoms with Crippen molar-refractivity contribution in [1.82, 2.24) is 0 Å². The molecule has 1 unspecified atom stereocenters. The number of rotatable bonds is 3. The molecule has 0 radical (unpaired) electrons. The minimum Gasteiger partial charge on any atom is -0.493 e. The van der Waals surface area contributed by atoms with Crippen molar-refractivity contribution >= 4 is 0 Å². The van der Waals surface area contributed by atoms with Crippen molar-refractivity contribution in [1.29, 1.82) is 0 Å². The summed E-state index contributed by atoms with van der Waals surface area (Å²) in [5.74, 6) is -3.24. The molecule has 0 saturated carbocycles. The van der Waals surface area contributed by atoms with Gasteiger partial charge in [0.25, 0.3) is 0 Å². The molecule has 17 heavy (non-hydrogen) atoms. The van der Waals surface area contributed by atoms with E-state index in [2.05, 4.69) is 4.74 Å². The van der Waals surface area contributed by atoms with Crippen molar-refractivity contribution in [2.24, 2.45) is 0 Å². The van der Waals surface area contributed by atoms with Gasteiger partial charge in [-0.1, -0.05) is 6.07 Å². The first-order chi connectivity index (χ1) is 7.77. The highest BCUT2D eigenvalue weighted by Crippen LogP contribution is 2.29. The van der Waals surface area contributed by atoms with Crippen molar-refractivity contribution in [2.45, 2.75) is 18.7 Å². The SMILES string of the molecule is COc1c(CC(O)C(F)(F)F)ccc(F)c1F. The number of hydrogen-bond donors (Lipinski definition) is 1. The highest BCUT2D eigenvalue weighted by Gasteiger charge is 2.38. The number of ether oxygens (including phenoxy) is 1. The van der Waals surface area contributed by atoms with Gasteiger partial charge in [-0.2, -0.15) is 17.6 Å². The maximum absolute atomic E-state index is 13.1. The molecule has 1 N–H and O–H groups in total. The zero-order valence-electron chi connectivity index (χ0n) is 8.68. The van der Waals surface area contributed by atoms with E-state index in [4.69, 9.17) is 5.11 Å². The molecule has 1 aromatic carbocycles. The summed E-state index contributed by atoms with van der Waals surface area (Å²) in [5.41, 5.74) is -0.253. The molecule has 7 heteroatoms. The van der Waals surface area contributed by atoms with Crippen LogP contribution in [0.4, 0.5) is 22.0 Å². The number of aliphatic hydroxyl groups excluding tert-OH is 1. The fourth-order valence-corrected chi connectivity index (χ4v) is 1.28. The summed E-state index contributed by atoms with van der Waals surface area (Å²) < 4.78 is 66.7. The maximum Gasteiger partial charge on any atom is 0.414 e. The molecule has 1 rings (SSSR count). The number of alkyl halides is 3. The molecule has 96 valence electrons. The van der Waals surface area contributed by atoms with Gasteiger partial charge in [0.1, 0.15) is 0 Å². The zero-order chi connectivity index (χ0) is 13.2. The van der Waals surface area contributed by atoms with Crippen LogP contribution in [0.15, 0.2) is 12.1 Å². The van der Waals surface area contributed by atoms with Crippen molar-refractivity contribution in [3.05, 3.63) is 29.3 Å². The Morgan fingerprint density at radius 1 is 1.29 bits per heavy atom. The smallest absolute Gasteiger partial charge is 0.414 e. The minimum absolute atomic E-state index is 0.253. The van der Waals surface area contributed by atoms with Gasteiger partial charge in [0.15, 0.2) is 17.7 Å². The van der Waals surface area contributed by atoms with Crippen LogP contribution in [0.2, 0.25) is 0 Å². The van der Waals surface area contributed by atoms with E-state index in [1.165, 1.54) is 0 Å². The van der Waals surface area contributed by atoms with Crippen LogP contribution in [0.1, 0.15) is 5.56 Å². The molecule has 0 saturated heterocycles. The quantitative estimate of drug-likeness (QED) is 0.842. The Labute approximate surface area is 93.6 Å². The van der Waals surface area contributed by atoms with Crippen molar-refractivity contribution in [3.63, 3.8) is 0 Å². The lowest BCUT2D eigenvalue weighted by molar-refractivity contribution is -0.203. The van der Waals surface area contributed by atoms with Crippen molar-refractivity contribution in [2.75, 3.05) is 7.11 Å².